The molecule has 0 unspecified atom stereocenters. The van der Waals surface area contributed by atoms with E-state index in [0.717, 1.165) is 6.20 Å². The highest BCUT2D eigenvalue weighted by molar-refractivity contribution is 14.1. The van der Waals surface area contributed by atoms with Crippen LogP contribution in [0.1, 0.15) is 23.1 Å². The van der Waals surface area contributed by atoms with Crippen molar-refractivity contribution < 1.29 is 18.7 Å². The fourth-order valence-electron chi connectivity index (χ4n) is 1.26. The van der Waals surface area contributed by atoms with Gasteiger partial charge in [0.2, 0.25) is 0 Å². The summed E-state index contributed by atoms with van der Waals surface area (Å²) in [7, 11) is 0. The maximum absolute atomic E-state index is 12.7. The van der Waals surface area contributed by atoms with Gasteiger partial charge in [0.05, 0.1) is 6.42 Å². The quantitative estimate of drug-likeness (QED) is 0.475. The van der Waals surface area contributed by atoms with Crippen molar-refractivity contribution in [3.8, 4) is 0 Å². The first-order valence-electron chi connectivity index (χ1n) is 4.19. The predicted molar refractivity (Wildman–Crippen MR) is 65.9 cm³/mol. The summed E-state index contributed by atoms with van der Waals surface area (Å²) in [6.45, 7) is 0. The molecule has 0 bridgehead atoms. The molecule has 0 saturated heterocycles. The molecule has 0 atom stereocenters. The third kappa shape index (κ3) is 3.09. The van der Waals surface area contributed by atoms with Gasteiger partial charge in [0, 0.05) is 17.1 Å². The zero-order valence-corrected chi connectivity index (χ0v) is 11.6. The minimum atomic E-state index is -2.65. The van der Waals surface area contributed by atoms with Crippen LogP contribution in [0, 0.1) is 3.70 Å². The number of carboxylic acids is 1. The molecule has 0 saturated carbocycles. The number of pyridine rings is 1. The van der Waals surface area contributed by atoms with E-state index in [0.29, 0.717) is 14.8 Å². The number of hydrogen-bond acceptors (Lipinski definition) is 2. The molecular formula is C9H7BrF2INO2. The molecule has 1 aromatic rings. The highest BCUT2D eigenvalue weighted by Crippen LogP contribution is 2.29. The molecule has 3 nitrogen and oxygen atoms in total. The van der Waals surface area contributed by atoms with E-state index in [9.17, 15) is 13.6 Å². The SMILES string of the molecule is O=C(O)Cc1c(I)ncc(C(F)F)c1CBr. The maximum atomic E-state index is 12.7. The van der Waals surface area contributed by atoms with Gasteiger partial charge in [0.15, 0.2) is 0 Å². The summed E-state index contributed by atoms with van der Waals surface area (Å²) in [5.74, 6) is -1.06. The van der Waals surface area contributed by atoms with Gasteiger partial charge in [-0.05, 0) is 33.7 Å². The van der Waals surface area contributed by atoms with Crippen LogP contribution in [0.2, 0.25) is 0 Å². The van der Waals surface area contributed by atoms with Gasteiger partial charge in [-0.25, -0.2) is 13.8 Å². The molecule has 1 heterocycles. The van der Waals surface area contributed by atoms with Gasteiger partial charge in [-0.3, -0.25) is 4.79 Å². The molecule has 7 heteroatoms. The fourth-order valence-corrected chi connectivity index (χ4v) is 2.58. The Bertz CT molecular complexity index is 415. The largest absolute Gasteiger partial charge is 0.481 e. The number of carbonyl (C=O) groups is 1. The van der Waals surface area contributed by atoms with Gasteiger partial charge >= 0.3 is 5.97 Å². The molecule has 88 valence electrons. The van der Waals surface area contributed by atoms with E-state index in [-0.39, 0.29) is 17.3 Å². The molecule has 0 aliphatic heterocycles. The Hall–Kier alpha value is -0.310. The van der Waals surface area contributed by atoms with E-state index < -0.39 is 12.4 Å². The monoisotopic (exact) mass is 405 g/mol. The van der Waals surface area contributed by atoms with E-state index in [4.69, 9.17) is 5.11 Å². The Kier molecular flexibility index (Phi) is 5.03. The zero-order chi connectivity index (χ0) is 12.3. The van der Waals surface area contributed by atoms with Crippen molar-refractivity contribution >= 4 is 44.5 Å². The lowest BCUT2D eigenvalue weighted by atomic mass is 10.0. The number of aromatic nitrogens is 1. The van der Waals surface area contributed by atoms with Gasteiger partial charge in [-0.15, -0.1) is 0 Å². The number of nitrogens with zero attached hydrogens (tertiary/aromatic N) is 1. The third-order valence-corrected chi connectivity index (χ3v) is 3.47. The average Bonchev–Trinajstić information content (AvgIpc) is 2.19. The number of hydrogen-bond donors (Lipinski definition) is 1. The number of alkyl halides is 3. The molecule has 0 aliphatic rings. The maximum Gasteiger partial charge on any atom is 0.307 e. The first-order chi connectivity index (χ1) is 7.47. The molecule has 1 aromatic heterocycles. The van der Waals surface area contributed by atoms with Gasteiger partial charge in [0.1, 0.15) is 3.70 Å². The third-order valence-electron chi connectivity index (χ3n) is 1.98. The van der Waals surface area contributed by atoms with E-state index in [2.05, 4.69) is 20.9 Å². The van der Waals surface area contributed by atoms with Gasteiger partial charge in [0.25, 0.3) is 6.43 Å². The van der Waals surface area contributed by atoms with E-state index >= 15 is 0 Å². The number of rotatable bonds is 4. The summed E-state index contributed by atoms with van der Waals surface area (Å²) in [5, 5.41) is 8.90. The second kappa shape index (κ2) is 5.85. The second-order valence-electron chi connectivity index (χ2n) is 2.97. The molecule has 0 aromatic carbocycles. The molecule has 0 spiro atoms. The Morgan fingerprint density at radius 3 is 2.62 bits per heavy atom. The summed E-state index contributed by atoms with van der Waals surface area (Å²) in [6.07, 6.45) is -1.86. The standard InChI is InChI=1S/C9H7BrF2INO2/c10-2-5-4(1-7(15)16)9(13)14-3-6(5)8(11)12/h3,8H,1-2H2,(H,15,16). The van der Waals surface area contributed by atoms with Crippen molar-refractivity contribution in [3.05, 3.63) is 26.6 Å². The van der Waals surface area contributed by atoms with Gasteiger partial charge in [-0.2, -0.15) is 0 Å². The molecule has 0 amide bonds. The summed E-state index contributed by atoms with van der Waals surface area (Å²) in [5.41, 5.74) is 0.452. The first-order valence-corrected chi connectivity index (χ1v) is 6.39. The minimum absolute atomic E-state index is 0.188. The number of aliphatic carboxylic acids is 1. The van der Waals surface area contributed by atoms with Crippen LogP contribution in [-0.2, 0) is 16.5 Å². The van der Waals surface area contributed by atoms with Gasteiger partial charge in [-0.1, -0.05) is 15.9 Å². The Balaban J connectivity index is 3.32. The van der Waals surface area contributed by atoms with Crippen LogP contribution in [-0.4, -0.2) is 16.1 Å². The predicted octanol–water partition coefficient (Wildman–Crippen LogP) is 3.15. The van der Waals surface area contributed by atoms with Crippen LogP contribution < -0.4 is 0 Å². The highest BCUT2D eigenvalue weighted by atomic mass is 127. The van der Waals surface area contributed by atoms with Crippen molar-refractivity contribution in [1.82, 2.24) is 4.98 Å². The van der Waals surface area contributed by atoms with Crippen LogP contribution in [0.5, 0.6) is 0 Å². The lowest BCUT2D eigenvalue weighted by Crippen LogP contribution is -2.09. The number of carboxylic acid groups (broad SMARTS) is 1. The van der Waals surface area contributed by atoms with Crippen LogP contribution >= 0.6 is 38.5 Å². The van der Waals surface area contributed by atoms with Crippen molar-refractivity contribution in [3.63, 3.8) is 0 Å². The molecule has 16 heavy (non-hydrogen) atoms. The minimum Gasteiger partial charge on any atom is -0.481 e. The Morgan fingerprint density at radius 2 is 2.19 bits per heavy atom. The lowest BCUT2D eigenvalue weighted by Gasteiger charge is -2.12. The van der Waals surface area contributed by atoms with E-state index in [1.54, 1.807) is 0 Å². The summed E-state index contributed by atoms with van der Waals surface area (Å²) in [4.78, 5) is 14.4. The summed E-state index contributed by atoms with van der Waals surface area (Å²) < 4.78 is 25.7. The van der Waals surface area contributed by atoms with Crippen LogP contribution in [0.4, 0.5) is 8.78 Å². The molecule has 0 fully saturated rings. The van der Waals surface area contributed by atoms with Crippen LogP contribution in [0.15, 0.2) is 6.20 Å². The molecule has 0 radical (unpaired) electrons. The van der Waals surface area contributed by atoms with Crippen molar-refractivity contribution in [2.75, 3.05) is 0 Å². The topological polar surface area (TPSA) is 50.2 Å². The average molecular weight is 406 g/mol. The summed E-state index contributed by atoms with van der Waals surface area (Å²) >= 11 is 4.94. The van der Waals surface area contributed by atoms with Crippen molar-refractivity contribution in [2.45, 2.75) is 18.2 Å². The first kappa shape index (κ1) is 13.8. The van der Waals surface area contributed by atoms with Crippen molar-refractivity contribution in [2.24, 2.45) is 0 Å². The van der Waals surface area contributed by atoms with Crippen LogP contribution in [0.3, 0.4) is 0 Å². The Labute approximate surface area is 113 Å². The molecule has 0 aliphatic carbocycles. The Morgan fingerprint density at radius 1 is 1.56 bits per heavy atom. The van der Waals surface area contributed by atoms with Crippen molar-refractivity contribution in [1.29, 1.82) is 0 Å². The molecular weight excluding hydrogens is 399 g/mol. The van der Waals surface area contributed by atoms with E-state index in [1.165, 1.54) is 0 Å². The second-order valence-corrected chi connectivity index (χ2v) is 4.55. The van der Waals surface area contributed by atoms with E-state index in [1.807, 2.05) is 22.6 Å². The highest BCUT2D eigenvalue weighted by Gasteiger charge is 2.20. The van der Waals surface area contributed by atoms with Gasteiger partial charge < -0.3 is 5.11 Å². The fraction of sp³-hybridized carbons (Fsp3) is 0.333. The molecule has 1 N–H and O–H groups in total. The van der Waals surface area contributed by atoms with Crippen LogP contribution in [0.25, 0.3) is 0 Å². The smallest absolute Gasteiger partial charge is 0.307 e. The zero-order valence-electron chi connectivity index (χ0n) is 7.88. The normalized spacial score (nSPS) is 10.8. The summed E-state index contributed by atoms with van der Waals surface area (Å²) in [6, 6.07) is 0. The number of halogens is 4. The lowest BCUT2D eigenvalue weighted by molar-refractivity contribution is -0.136. The molecule has 1 rings (SSSR count).